The summed E-state index contributed by atoms with van der Waals surface area (Å²) < 4.78 is 13.4. The largest absolute Gasteiger partial charge is 0.449 e. The van der Waals surface area contributed by atoms with Crippen molar-refractivity contribution in [2.24, 2.45) is 0 Å². The monoisotopic (exact) mass is 637 g/mol. The van der Waals surface area contributed by atoms with E-state index in [9.17, 15) is 0 Å². The van der Waals surface area contributed by atoms with Crippen LogP contribution < -0.4 is 40.6 Å². The maximum atomic E-state index is 6.85. The quantitative estimate of drug-likeness (QED) is 0.176. The molecule has 49 heavy (non-hydrogen) atoms. The molecular weight excluding hydrogens is 601 g/mol. The van der Waals surface area contributed by atoms with Crippen LogP contribution >= 0.6 is 0 Å². The molecule has 0 aromatic heterocycles. The average Bonchev–Trinajstić information content (AvgIpc) is 3.35. The molecule has 0 saturated carbocycles. The van der Waals surface area contributed by atoms with E-state index in [4.69, 9.17) is 9.47 Å². The van der Waals surface area contributed by atoms with Crippen molar-refractivity contribution in [2.75, 3.05) is 14.7 Å². The molecule has 10 rings (SSSR count). The summed E-state index contributed by atoms with van der Waals surface area (Å²) in [5, 5.41) is 0. The Kier molecular flexibility index (Phi) is 5.64. The van der Waals surface area contributed by atoms with Crippen molar-refractivity contribution in [1.82, 2.24) is 0 Å². The highest BCUT2D eigenvalue weighted by Crippen LogP contribution is 2.57. The molecule has 6 heteroatoms. The van der Waals surface area contributed by atoms with Crippen LogP contribution in [0.25, 0.3) is 0 Å². The summed E-state index contributed by atoms with van der Waals surface area (Å²) in [6, 6.07) is 45.5. The minimum Gasteiger partial charge on any atom is -0.449 e. The minimum atomic E-state index is -0.386. The molecule has 4 aliphatic heterocycles. The van der Waals surface area contributed by atoms with Gasteiger partial charge in [-0.05, 0) is 102 Å². The van der Waals surface area contributed by atoms with Crippen LogP contribution in [0.5, 0.6) is 23.0 Å². The van der Waals surface area contributed by atoms with Gasteiger partial charge in [-0.15, -0.1) is 0 Å². The van der Waals surface area contributed by atoms with Crippen LogP contribution in [-0.4, -0.2) is 12.4 Å². The Morgan fingerprint density at radius 2 is 1.18 bits per heavy atom. The van der Waals surface area contributed by atoms with Gasteiger partial charge in [0.1, 0.15) is 5.66 Å². The number of benzene rings is 6. The highest BCUT2D eigenvalue weighted by molar-refractivity contribution is 7.00. The van der Waals surface area contributed by atoms with E-state index < -0.39 is 0 Å². The third-order valence-corrected chi connectivity index (χ3v) is 10.7. The smallest absolute Gasteiger partial charge is 0.252 e. The van der Waals surface area contributed by atoms with Gasteiger partial charge in [0.2, 0.25) is 0 Å². The Labute approximate surface area is 288 Å². The van der Waals surface area contributed by atoms with Gasteiger partial charge in [-0.25, -0.2) is 0 Å². The molecule has 0 N–H and O–H groups in total. The Hall–Kier alpha value is -5.62. The van der Waals surface area contributed by atoms with E-state index >= 15 is 0 Å². The average molecular weight is 638 g/mol. The molecule has 0 amide bonds. The van der Waals surface area contributed by atoms with Gasteiger partial charge in [0.25, 0.3) is 6.71 Å². The van der Waals surface area contributed by atoms with E-state index in [0.717, 1.165) is 34.4 Å². The topological polar surface area (TPSA) is 28.2 Å². The van der Waals surface area contributed by atoms with E-state index in [2.05, 4.69) is 152 Å². The van der Waals surface area contributed by atoms with Crippen LogP contribution in [0.1, 0.15) is 40.2 Å². The van der Waals surface area contributed by atoms with Crippen LogP contribution in [0.2, 0.25) is 0 Å². The molecule has 0 saturated heterocycles. The van der Waals surface area contributed by atoms with Crippen LogP contribution in [0, 0.1) is 0 Å². The van der Waals surface area contributed by atoms with Gasteiger partial charge in [0, 0.05) is 22.7 Å². The molecule has 0 unspecified atom stereocenters. The van der Waals surface area contributed by atoms with Crippen molar-refractivity contribution in [3.63, 3.8) is 0 Å². The predicted molar refractivity (Wildman–Crippen MR) is 202 cm³/mol. The van der Waals surface area contributed by atoms with Gasteiger partial charge in [-0.2, -0.15) is 0 Å². The molecule has 238 valence electrons. The van der Waals surface area contributed by atoms with Gasteiger partial charge in [-0.1, -0.05) is 87.5 Å². The van der Waals surface area contributed by atoms with Crippen LogP contribution in [-0.2, 0) is 5.41 Å². The SMILES string of the molecule is CC(C)(C)c1cc2c3c(c1)N1c4c(cccc4N(c4ccccc4)C1(C)C)B3c1ccc3c(c1N2c1ccccc1)Oc1ccccc1O3. The molecule has 4 heterocycles. The highest BCUT2D eigenvalue weighted by atomic mass is 16.6. The summed E-state index contributed by atoms with van der Waals surface area (Å²) in [5.41, 5.74) is 12.8. The molecule has 4 aliphatic rings. The van der Waals surface area contributed by atoms with Crippen molar-refractivity contribution in [3.8, 4) is 23.0 Å². The Morgan fingerprint density at radius 3 is 1.90 bits per heavy atom. The lowest BCUT2D eigenvalue weighted by atomic mass is 9.33. The van der Waals surface area contributed by atoms with Gasteiger partial charge in [0.05, 0.1) is 17.1 Å². The fourth-order valence-corrected chi connectivity index (χ4v) is 8.55. The number of anilines is 7. The minimum absolute atomic E-state index is 0.0159. The molecule has 0 spiro atoms. The maximum Gasteiger partial charge on any atom is 0.252 e. The second kappa shape index (κ2) is 9.73. The van der Waals surface area contributed by atoms with E-state index in [1.54, 1.807) is 0 Å². The van der Waals surface area contributed by atoms with Gasteiger partial charge in [-0.3, -0.25) is 0 Å². The predicted octanol–water partition coefficient (Wildman–Crippen LogP) is 9.52. The molecule has 0 atom stereocenters. The van der Waals surface area contributed by atoms with E-state index in [0.29, 0.717) is 0 Å². The lowest BCUT2D eigenvalue weighted by Gasteiger charge is -2.48. The fraction of sp³-hybridized carbons (Fsp3) is 0.163. The van der Waals surface area contributed by atoms with E-state index in [1.165, 1.54) is 50.4 Å². The molecule has 5 nitrogen and oxygen atoms in total. The number of ether oxygens (including phenoxy) is 2. The number of fused-ring (bicyclic) bond motifs is 7. The molecule has 6 aromatic rings. The number of para-hydroxylation sites is 5. The summed E-state index contributed by atoms with van der Waals surface area (Å²) in [7, 11) is 0. The molecule has 0 bridgehead atoms. The Morgan fingerprint density at radius 1 is 0.551 bits per heavy atom. The van der Waals surface area contributed by atoms with Crippen molar-refractivity contribution < 1.29 is 9.47 Å². The first-order chi connectivity index (χ1) is 23.7. The Balaban J connectivity index is 1.33. The molecule has 6 aromatic carbocycles. The normalized spacial score (nSPS) is 15.8. The molecule has 0 radical (unpaired) electrons. The standard InChI is InChI=1S/C43H36BN3O2/c1-42(2,3)27-25-33-38-34(26-27)47-39-30(19-14-20-32(39)46(43(47,4)5)29-17-10-7-11-18-29)44(38)31-23-24-37-41(49-36-22-13-12-21-35(36)48-37)40(31)45(33)28-15-8-6-9-16-28/h6-26H,1-5H3. The van der Waals surface area contributed by atoms with Gasteiger partial charge >= 0.3 is 0 Å². The third kappa shape index (κ3) is 3.83. The number of rotatable bonds is 2. The third-order valence-electron chi connectivity index (χ3n) is 10.7. The van der Waals surface area contributed by atoms with E-state index in [1.807, 2.05) is 24.3 Å². The maximum absolute atomic E-state index is 6.85. The second-order valence-corrected chi connectivity index (χ2v) is 15.0. The number of hydrogen-bond donors (Lipinski definition) is 0. The van der Waals surface area contributed by atoms with Gasteiger partial charge < -0.3 is 24.2 Å². The van der Waals surface area contributed by atoms with Crippen molar-refractivity contribution in [3.05, 3.63) is 133 Å². The molecule has 0 fully saturated rings. The zero-order valence-electron chi connectivity index (χ0n) is 28.4. The van der Waals surface area contributed by atoms with Crippen molar-refractivity contribution >= 4 is 62.9 Å². The van der Waals surface area contributed by atoms with Crippen molar-refractivity contribution in [2.45, 2.75) is 45.7 Å². The summed E-state index contributed by atoms with van der Waals surface area (Å²) in [4.78, 5) is 7.54. The van der Waals surface area contributed by atoms with Crippen LogP contribution in [0.15, 0.2) is 127 Å². The molecule has 0 aliphatic carbocycles. The lowest BCUT2D eigenvalue weighted by Crippen LogP contribution is -2.63. The fourth-order valence-electron chi connectivity index (χ4n) is 8.55. The number of nitrogens with zero attached hydrogens (tertiary/aromatic N) is 3. The highest BCUT2D eigenvalue weighted by Gasteiger charge is 2.53. The van der Waals surface area contributed by atoms with E-state index in [-0.39, 0.29) is 17.8 Å². The van der Waals surface area contributed by atoms with Crippen molar-refractivity contribution in [1.29, 1.82) is 0 Å². The Bertz CT molecular complexity index is 2330. The molecular formula is C43H36BN3O2. The summed E-state index contributed by atoms with van der Waals surface area (Å²) >= 11 is 0. The summed E-state index contributed by atoms with van der Waals surface area (Å²) in [6.07, 6.45) is 0. The zero-order valence-corrected chi connectivity index (χ0v) is 28.4. The zero-order chi connectivity index (χ0) is 33.2. The van der Waals surface area contributed by atoms with Crippen LogP contribution in [0.3, 0.4) is 0 Å². The second-order valence-electron chi connectivity index (χ2n) is 15.0. The first-order valence-electron chi connectivity index (χ1n) is 17.2. The van der Waals surface area contributed by atoms with Crippen LogP contribution in [0.4, 0.5) is 39.8 Å². The number of hydrogen-bond acceptors (Lipinski definition) is 5. The van der Waals surface area contributed by atoms with Gasteiger partial charge in [0.15, 0.2) is 23.0 Å². The summed E-state index contributed by atoms with van der Waals surface area (Å²) in [6.45, 7) is 11.6. The first kappa shape index (κ1) is 28.4. The first-order valence-corrected chi connectivity index (χ1v) is 17.2. The lowest BCUT2D eigenvalue weighted by molar-refractivity contribution is 0.361. The summed E-state index contributed by atoms with van der Waals surface area (Å²) in [5.74, 6) is 2.92.